The molecule has 3 rings (SSSR count). The fraction of sp³-hybridized carbons (Fsp3) is 0.667. The largest absolute Gasteiger partial charge is 0.465 e. The topological polar surface area (TPSA) is 75.7 Å². The minimum atomic E-state index is -3.63. The van der Waals surface area contributed by atoms with E-state index < -0.39 is 16.0 Å². The Bertz CT molecular complexity index is 659. The summed E-state index contributed by atoms with van der Waals surface area (Å²) < 4.78 is 31.7. The number of thiophene rings is 1. The highest BCUT2D eigenvalue weighted by Crippen LogP contribution is 2.29. The predicted octanol–water partition coefficient (Wildman–Crippen LogP) is 1.69. The van der Waals surface area contributed by atoms with Gasteiger partial charge in [-0.1, -0.05) is 0 Å². The van der Waals surface area contributed by atoms with Gasteiger partial charge in [-0.15, -0.1) is 11.3 Å². The van der Waals surface area contributed by atoms with Crippen LogP contribution in [0.1, 0.15) is 35.4 Å². The molecular weight excluding hydrogens is 336 g/mol. The van der Waals surface area contributed by atoms with Crippen molar-refractivity contribution in [1.82, 2.24) is 9.62 Å². The minimum Gasteiger partial charge on any atom is -0.465 e. The van der Waals surface area contributed by atoms with Crippen LogP contribution < -0.4 is 5.32 Å². The number of methoxy groups -OCH3 is 1. The number of ether oxygens (including phenoxy) is 1. The lowest BCUT2D eigenvalue weighted by Crippen LogP contribution is -2.45. The van der Waals surface area contributed by atoms with Crippen molar-refractivity contribution in [2.75, 3.05) is 26.7 Å². The number of nitrogens with zero attached hydrogens (tertiary/aromatic N) is 1. The molecule has 8 heteroatoms. The van der Waals surface area contributed by atoms with Gasteiger partial charge in [-0.2, -0.15) is 4.31 Å². The van der Waals surface area contributed by atoms with Gasteiger partial charge < -0.3 is 10.1 Å². The molecular formula is C15H22N2O4S2. The quantitative estimate of drug-likeness (QED) is 0.783. The Morgan fingerprint density at radius 3 is 2.65 bits per heavy atom. The number of sulfonamides is 1. The number of hydrogen-bond donors (Lipinski definition) is 1. The summed E-state index contributed by atoms with van der Waals surface area (Å²) in [5, 5.41) is 5.15. The number of rotatable bonds is 6. The predicted molar refractivity (Wildman–Crippen MR) is 88.2 cm³/mol. The van der Waals surface area contributed by atoms with Crippen LogP contribution in [-0.4, -0.2) is 51.5 Å². The van der Waals surface area contributed by atoms with Gasteiger partial charge in [-0.05, 0) is 49.6 Å². The first kappa shape index (κ1) is 16.9. The SMILES string of the molecule is COC(=O)c1sccc1S(=O)(=O)N1CCC(NCC2CC2)CC1. The molecule has 1 aliphatic carbocycles. The van der Waals surface area contributed by atoms with Crippen molar-refractivity contribution in [2.45, 2.75) is 36.6 Å². The second kappa shape index (κ2) is 6.88. The molecule has 0 atom stereocenters. The van der Waals surface area contributed by atoms with Crippen molar-refractivity contribution in [3.63, 3.8) is 0 Å². The minimum absolute atomic E-state index is 0.0683. The number of carbonyl (C=O) groups excluding carboxylic acids is 1. The van der Waals surface area contributed by atoms with Gasteiger partial charge in [0.15, 0.2) is 0 Å². The average molecular weight is 358 g/mol. The van der Waals surface area contributed by atoms with Gasteiger partial charge in [0.2, 0.25) is 10.0 Å². The van der Waals surface area contributed by atoms with Crippen molar-refractivity contribution in [2.24, 2.45) is 5.92 Å². The number of nitrogens with one attached hydrogen (secondary N) is 1. The third-order valence-corrected chi connectivity index (χ3v) is 7.43. The van der Waals surface area contributed by atoms with Crippen molar-refractivity contribution in [1.29, 1.82) is 0 Å². The Hall–Kier alpha value is -0.960. The molecule has 1 saturated heterocycles. The van der Waals surface area contributed by atoms with Crippen LogP contribution in [0.4, 0.5) is 0 Å². The number of esters is 1. The van der Waals surface area contributed by atoms with Crippen LogP contribution in [0.2, 0.25) is 0 Å². The van der Waals surface area contributed by atoms with Gasteiger partial charge in [0.1, 0.15) is 9.77 Å². The van der Waals surface area contributed by atoms with Crippen molar-refractivity contribution < 1.29 is 17.9 Å². The van der Waals surface area contributed by atoms with Gasteiger partial charge in [0.25, 0.3) is 0 Å². The molecule has 0 spiro atoms. The van der Waals surface area contributed by atoms with Crippen molar-refractivity contribution in [3.05, 3.63) is 16.3 Å². The average Bonchev–Trinajstić information content (AvgIpc) is 3.25. The molecule has 1 aromatic heterocycles. The Morgan fingerprint density at radius 2 is 2.04 bits per heavy atom. The van der Waals surface area contributed by atoms with Crippen LogP contribution in [0.3, 0.4) is 0 Å². The second-order valence-electron chi connectivity index (χ2n) is 6.14. The second-order valence-corrected chi connectivity index (χ2v) is 8.96. The Balaban J connectivity index is 1.64. The molecule has 0 aromatic carbocycles. The highest BCUT2D eigenvalue weighted by atomic mass is 32.2. The van der Waals surface area contributed by atoms with Gasteiger partial charge in [-0.3, -0.25) is 0 Å². The summed E-state index contributed by atoms with van der Waals surface area (Å²) in [6, 6.07) is 1.88. The molecule has 0 bridgehead atoms. The monoisotopic (exact) mass is 358 g/mol. The summed E-state index contributed by atoms with van der Waals surface area (Å²) in [5.74, 6) is 0.227. The summed E-state index contributed by atoms with van der Waals surface area (Å²) in [6.45, 7) is 2.02. The van der Waals surface area contributed by atoms with Gasteiger partial charge >= 0.3 is 5.97 Å². The first-order valence-electron chi connectivity index (χ1n) is 7.91. The third-order valence-electron chi connectivity index (χ3n) is 4.46. The molecule has 0 radical (unpaired) electrons. The molecule has 0 amide bonds. The summed E-state index contributed by atoms with van der Waals surface area (Å²) in [5.41, 5.74) is 0. The van der Waals surface area contributed by atoms with E-state index in [2.05, 4.69) is 10.1 Å². The first-order valence-corrected chi connectivity index (χ1v) is 10.2. The Kier molecular flexibility index (Phi) is 5.05. The normalized spacial score (nSPS) is 20.6. The molecule has 128 valence electrons. The molecule has 0 unspecified atom stereocenters. The summed E-state index contributed by atoms with van der Waals surface area (Å²) in [4.78, 5) is 11.9. The maximum atomic E-state index is 12.8. The zero-order chi connectivity index (χ0) is 16.4. The van der Waals surface area contributed by atoms with Crippen LogP contribution in [0.5, 0.6) is 0 Å². The first-order chi connectivity index (χ1) is 11.0. The summed E-state index contributed by atoms with van der Waals surface area (Å²) in [7, 11) is -2.37. The number of hydrogen-bond acceptors (Lipinski definition) is 6. The smallest absolute Gasteiger partial charge is 0.349 e. The lowest BCUT2D eigenvalue weighted by atomic mass is 10.1. The van der Waals surface area contributed by atoms with E-state index in [9.17, 15) is 13.2 Å². The van der Waals surface area contributed by atoms with E-state index in [0.717, 1.165) is 36.6 Å². The van der Waals surface area contributed by atoms with E-state index in [4.69, 9.17) is 0 Å². The van der Waals surface area contributed by atoms with Crippen LogP contribution in [0.25, 0.3) is 0 Å². The van der Waals surface area contributed by atoms with Crippen molar-refractivity contribution in [3.8, 4) is 0 Å². The lowest BCUT2D eigenvalue weighted by molar-refractivity contribution is 0.0602. The molecule has 1 aromatic rings. The van der Waals surface area contributed by atoms with E-state index in [1.54, 1.807) is 5.38 Å². The molecule has 1 N–H and O–H groups in total. The highest BCUT2D eigenvalue weighted by Gasteiger charge is 2.33. The molecule has 1 aliphatic heterocycles. The maximum Gasteiger partial charge on any atom is 0.349 e. The molecule has 2 aliphatic rings. The van der Waals surface area contributed by atoms with Crippen LogP contribution >= 0.6 is 11.3 Å². The maximum absolute atomic E-state index is 12.8. The summed E-state index contributed by atoms with van der Waals surface area (Å²) in [6.07, 6.45) is 4.25. The number of piperidine rings is 1. The molecule has 1 saturated carbocycles. The fourth-order valence-corrected chi connectivity index (χ4v) is 5.61. The van der Waals surface area contributed by atoms with E-state index >= 15 is 0 Å². The lowest BCUT2D eigenvalue weighted by Gasteiger charge is -2.31. The molecule has 2 heterocycles. The van der Waals surface area contributed by atoms with Crippen LogP contribution in [-0.2, 0) is 14.8 Å². The molecule has 23 heavy (non-hydrogen) atoms. The fourth-order valence-electron chi connectivity index (χ4n) is 2.84. The molecule has 6 nitrogen and oxygen atoms in total. The third kappa shape index (κ3) is 3.76. The number of carbonyl (C=O) groups is 1. The Labute approximate surface area is 140 Å². The van der Waals surface area contributed by atoms with Crippen molar-refractivity contribution >= 4 is 27.3 Å². The summed E-state index contributed by atoms with van der Waals surface area (Å²) >= 11 is 1.10. The highest BCUT2D eigenvalue weighted by molar-refractivity contribution is 7.89. The van der Waals surface area contributed by atoms with Gasteiger partial charge in [0.05, 0.1) is 7.11 Å². The van der Waals surface area contributed by atoms with E-state index in [-0.39, 0.29) is 9.77 Å². The van der Waals surface area contributed by atoms with E-state index in [1.165, 1.54) is 30.3 Å². The Morgan fingerprint density at radius 1 is 1.35 bits per heavy atom. The van der Waals surface area contributed by atoms with Gasteiger partial charge in [0, 0.05) is 19.1 Å². The van der Waals surface area contributed by atoms with Gasteiger partial charge in [-0.25, -0.2) is 13.2 Å². The standard InChI is InChI=1S/C15H22N2O4S2/c1-21-15(18)14-13(6-9-22-14)23(19,20)17-7-4-12(5-8-17)16-10-11-2-3-11/h6,9,11-12,16H,2-5,7-8,10H2,1H3. The van der Waals surface area contributed by atoms with E-state index in [0.29, 0.717) is 19.1 Å². The van der Waals surface area contributed by atoms with Crippen LogP contribution in [0, 0.1) is 5.92 Å². The zero-order valence-electron chi connectivity index (χ0n) is 13.2. The van der Waals surface area contributed by atoms with E-state index in [1.807, 2.05) is 0 Å². The van der Waals surface area contributed by atoms with Crippen LogP contribution in [0.15, 0.2) is 16.3 Å². The zero-order valence-corrected chi connectivity index (χ0v) is 14.8. The molecule has 2 fully saturated rings.